The summed E-state index contributed by atoms with van der Waals surface area (Å²) in [7, 11) is 1.56. The number of hydrogen-bond acceptors (Lipinski definition) is 4. The van der Waals surface area contributed by atoms with Gasteiger partial charge < -0.3 is 20.3 Å². The molecule has 0 aliphatic heterocycles. The van der Waals surface area contributed by atoms with Crippen LogP contribution in [-0.2, 0) is 6.54 Å². The van der Waals surface area contributed by atoms with Crippen LogP contribution in [0.3, 0.4) is 0 Å². The lowest BCUT2D eigenvalue weighted by atomic mass is 10.2. The number of phenolic OH excluding ortho intramolecular Hbond substituents is 1. The number of ether oxygens (including phenoxy) is 1. The number of nitrogens with one attached hydrogen (secondary N) is 1. The van der Waals surface area contributed by atoms with E-state index in [2.05, 4.69) is 5.32 Å². The second kappa shape index (κ2) is 5.58. The van der Waals surface area contributed by atoms with Gasteiger partial charge in [-0.05, 0) is 13.0 Å². The van der Waals surface area contributed by atoms with Crippen LogP contribution in [0, 0.1) is 0 Å². The lowest BCUT2D eigenvalue weighted by molar-refractivity contribution is 0.250. The number of aromatic hydroxyl groups is 1. The highest BCUT2D eigenvalue weighted by Crippen LogP contribution is 2.23. The summed E-state index contributed by atoms with van der Waals surface area (Å²) in [6.07, 6.45) is 0. The maximum Gasteiger partial charge on any atom is 0.123 e. The van der Waals surface area contributed by atoms with E-state index in [0.717, 1.165) is 5.56 Å². The van der Waals surface area contributed by atoms with E-state index >= 15 is 0 Å². The highest BCUT2D eigenvalue weighted by Gasteiger charge is 2.04. The molecule has 1 unspecified atom stereocenters. The first-order valence-corrected chi connectivity index (χ1v) is 4.87. The number of aliphatic hydroxyl groups excluding tert-OH is 1. The van der Waals surface area contributed by atoms with Crippen molar-refractivity contribution >= 4 is 0 Å². The molecule has 0 amide bonds. The summed E-state index contributed by atoms with van der Waals surface area (Å²) in [5, 5.41) is 21.5. The molecule has 0 spiro atoms. The first-order chi connectivity index (χ1) is 7.17. The molecule has 4 heteroatoms. The number of aliphatic hydroxyl groups is 1. The van der Waals surface area contributed by atoms with Crippen LogP contribution in [0.25, 0.3) is 0 Å². The molecule has 0 bridgehead atoms. The summed E-state index contributed by atoms with van der Waals surface area (Å²) < 4.78 is 4.98. The van der Waals surface area contributed by atoms with Gasteiger partial charge in [0, 0.05) is 24.2 Å². The molecule has 0 aliphatic carbocycles. The van der Waals surface area contributed by atoms with Crippen molar-refractivity contribution in [2.45, 2.75) is 19.5 Å². The van der Waals surface area contributed by atoms with E-state index in [-0.39, 0.29) is 18.4 Å². The largest absolute Gasteiger partial charge is 0.507 e. The maximum atomic E-state index is 9.63. The highest BCUT2D eigenvalue weighted by molar-refractivity contribution is 5.39. The van der Waals surface area contributed by atoms with Crippen molar-refractivity contribution in [1.29, 1.82) is 0 Å². The summed E-state index contributed by atoms with van der Waals surface area (Å²) in [6, 6.07) is 5.18. The van der Waals surface area contributed by atoms with Gasteiger partial charge in [0.1, 0.15) is 11.5 Å². The third-order valence-electron chi connectivity index (χ3n) is 2.21. The second-order valence-corrected chi connectivity index (χ2v) is 3.46. The molecule has 3 N–H and O–H groups in total. The summed E-state index contributed by atoms with van der Waals surface area (Å²) >= 11 is 0. The monoisotopic (exact) mass is 211 g/mol. The van der Waals surface area contributed by atoms with Crippen molar-refractivity contribution in [1.82, 2.24) is 5.32 Å². The van der Waals surface area contributed by atoms with Crippen molar-refractivity contribution in [3.63, 3.8) is 0 Å². The zero-order valence-electron chi connectivity index (χ0n) is 9.03. The molecule has 1 rings (SSSR count). The zero-order chi connectivity index (χ0) is 11.3. The number of rotatable bonds is 5. The maximum absolute atomic E-state index is 9.63. The first kappa shape index (κ1) is 11.8. The second-order valence-electron chi connectivity index (χ2n) is 3.46. The van der Waals surface area contributed by atoms with Gasteiger partial charge in [0.25, 0.3) is 0 Å². The average molecular weight is 211 g/mol. The predicted octanol–water partition coefficient (Wildman–Crippen LogP) is 0.871. The van der Waals surface area contributed by atoms with Crippen molar-refractivity contribution in [3.05, 3.63) is 23.8 Å². The molecule has 1 aromatic rings. The van der Waals surface area contributed by atoms with E-state index in [1.165, 1.54) is 0 Å². The fourth-order valence-corrected chi connectivity index (χ4v) is 1.17. The van der Waals surface area contributed by atoms with E-state index in [9.17, 15) is 5.11 Å². The summed E-state index contributed by atoms with van der Waals surface area (Å²) in [6.45, 7) is 2.48. The smallest absolute Gasteiger partial charge is 0.123 e. The van der Waals surface area contributed by atoms with Gasteiger partial charge in [0.2, 0.25) is 0 Å². The van der Waals surface area contributed by atoms with Gasteiger partial charge in [-0.15, -0.1) is 0 Å². The fourth-order valence-electron chi connectivity index (χ4n) is 1.17. The Hall–Kier alpha value is -1.26. The van der Waals surface area contributed by atoms with E-state index in [0.29, 0.717) is 12.3 Å². The van der Waals surface area contributed by atoms with Crippen molar-refractivity contribution in [2.24, 2.45) is 0 Å². The molecule has 4 nitrogen and oxygen atoms in total. The topological polar surface area (TPSA) is 61.7 Å². The standard InChI is InChI=1S/C11H17NO3/c1-8(7-13)12-6-9-3-4-10(15-2)5-11(9)14/h3-5,8,12-14H,6-7H2,1-2H3. The quantitative estimate of drug-likeness (QED) is 0.676. The molecule has 0 fully saturated rings. The minimum atomic E-state index is 0.0199. The molecule has 15 heavy (non-hydrogen) atoms. The number of hydrogen-bond donors (Lipinski definition) is 3. The third kappa shape index (κ3) is 3.42. The Morgan fingerprint density at radius 1 is 1.47 bits per heavy atom. The fraction of sp³-hybridized carbons (Fsp3) is 0.455. The van der Waals surface area contributed by atoms with Gasteiger partial charge in [0.15, 0.2) is 0 Å². The lowest BCUT2D eigenvalue weighted by Crippen LogP contribution is -2.28. The van der Waals surface area contributed by atoms with Crippen LogP contribution < -0.4 is 10.1 Å². The lowest BCUT2D eigenvalue weighted by Gasteiger charge is -2.12. The molecule has 0 saturated heterocycles. The van der Waals surface area contributed by atoms with Gasteiger partial charge in [-0.25, -0.2) is 0 Å². The van der Waals surface area contributed by atoms with Crippen LogP contribution in [-0.4, -0.2) is 30.0 Å². The molecule has 0 radical (unpaired) electrons. The van der Waals surface area contributed by atoms with Gasteiger partial charge in [-0.2, -0.15) is 0 Å². The first-order valence-electron chi connectivity index (χ1n) is 4.87. The molecule has 1 aromatic carbocycles. The van der Waals surface area contributed by atoms with Crippen molar-refractivity contribution in [3.8, 4) is 11.5 Å². The highest BCUT2D eigenvalue weighted by atomic mass is 16.5. The van der Waals surface area contributed by atoms with Crippen LogP contribution in [0.4, 0.5) is 0 Å². The van der Waals surface area contributed by atoms with E-state index < -0.39 is 0 Å². The third-order valence-corrected chi connectivity index (χ3v) is 2.21. The Morgan fingerprint density at radius 3 is 2.73 bits per heavy atom. The minimum absolute atomic E-state index is 0.0199. The van der Waals surface area contributed by atoms with Crippen LogP contribution in [0.5, 0.6) is 11.5 Å². The molecule has 84 valence electrons. The average Bonchev–Trinajstić information content (AvgIpc) is 2.26. The molecule has 0 aromatic heterocycles. The number of phenols is 1. The summed E-state index contributed by atoms with van der Waals surface area (Å²) in [5.74, 6) is 0.832. The number of benzene rings is 1. The van der Waals surface area contributed by atoms with Gasteiger partial charge in [-0.1, -0.05) is 6.07 Å². The van der Waals surface area contributed by atoms with Crippen LogP contribution in [0.1, 0.15) is 12.5 Å². The van der Waals surface area contributed by atoms with E-state index in [1.54, 1.807) is 25.3 Å². The SMILES string of the molecule is COc1ccc(CNC(C)CO)c(O)c1. The molecular weight excluding hydrogens is 194 g/mol. The van der Waals surface area contributed by atoms with Gasteiger partial charge in [0.05, 0.1) is 13.7 Å². The number of methoxy groups -OCH3 is 1. The summed E-state index contributed by atoms with van der Waals surface area (Å²) in [4.78, 5) is 0. The normalized spacial score (nSPS) is 12.5. The minimum Gasteiger partial charge on any atom is -0.507 e. The van der Waals surface area contributed by atoms with E-state index in [4.69, 9.17) is 9.84 Å². The van der Waals surface area contributed by atoms with E-state index in [1.807, 2.05) is 6.92 Å². The Morgan fingerprint density at radius 2 is 2.20 bits per heavy atom. The van der Waals surface area contributed by atoms with Gasteiger partial charge >= 0.3 is 0 Å². The Balaban J connectivity index is 2.62. The Labute approximate surface area is 89.5 Å². The van der Waals surface area contributed by atoms with Crippen LogP contribution >= 0.6 is 0 Å². The predicted molar refractivity (Wildman–Crippen MR) is 58.0 cm³/mol. The summed E-state index contributed by atoms with van der Waals surface area (Å²) in [5.41, 5.74) is 0.788. The molecule has 0 aliphatic rings. The molecular formula is C11H17NO3. The van der Waals surface area contributed by atoms with Crippen molar-refractivity contribution in [2.75, 3.05) is 13.7 Å². The van der Waals surface area contributed by atoms with Gasteiger partial charge in [-0.3, -0.25) is 0 Å². The molecule has 0 heterocycles. The zero-order valence-corrected chi connectivity index (χ0v) is 9.03. The Bertz CT molecular complexity index is 315. The Kier molecular flexibility index (Phi) is 4.39. The molecule has 0 saturated carbocycles. The van der Waals surface area contributed by atoms with Crippen molar-refractivity contribution < 1.29 is 14.9 Å². The van der Waals surface area contributed by atoms with Crippen LogP contribution in [0.15, 0.2) is 18.2 Å². The molecule has 1 atom stereocenters. The van der Waals surface area contributed by atoms with Crippen LogP contribution in [0.2, 0.25) is 0 Å².